The molecule has 3 nitrogen and oxygen atoms in total. The van der Waals surface area contributed by atoms with Crippen LogP contribution in [0.1, 0.15) is 27.2 Å². The van der Waals surface area contributed by atoms with E-state index in [0.717, 1.165) is 0 Å². The maximum absolute atomic E-state index is 10.5. The summed E-state index contributed by atoms with van der Waals surface area (Å²) in [6.07, 6.45) is 0.383. The van der Waals surface area contributed by atoms with Gasteiger partial charge in [-0.1, -0.05) is 13.8 Å². The molecule has 0 aromatic heterocycles. The monoisotopic (exact) mass is 159 g/mol. The normalized spacial score (nSPS) is 19.5. The average molecular weight is 159 g/mol. The third-order valence-electron chi connectivity index (χ3n) is 1.76. The van der Waals surface area contributed by atoms with Gasteiger partial charge in [0.2, 0.25) is 0 Å². The molecule has 0 bridgehead atoms. The van der Waals surface area contributed by atoms with Gasteiger partial charge in [-0.3, -0.25) is 0 Å². The molecule has 0 aromatic rings. The lowest BCUT2D eigenvalue weighted by Gasteiger charge is -2.27. The molecule has 0 amide bonds. The van der Waals surface area contributed by atoms with Crippen LogP contribution >= 0.6 is 0 Å². The number of hydrogen-bond acceptors (Lipinski definition) is 3. The molecule has 0 saturated carbocycles. The number of hydrogen-bond donors (Lipinski definition) is 2. The molecule has 3 N–H and O–H groups in total. The highest BCUT2D eigenvalue weighted by molar-refractivity contribution is 5.64. The van der Waals surface area contributed by atoms with Gasteiger partial charge in [-0.05, 0) is 19.3 Å². The van der Waals surface area contributed by atoms with Crippen LogP contribution in [0.5, 0.6) is 0 Å². The van der Waals surface area contributed by atoms with Crippen LogP contribution in [0.2, 0.25) is 0 Å². The lowest BCUT2D eigenvalue weighted by atomic mass is 9.87. The molecule has 0 unspecified atom stereocenters. The summed E-state index contributed by atoms with van der Waals surface area (Å²) in [4.78, 5) is 10.5. The Morgan fingerprint density at radius 2 is 2.00 bits per heavy atom. The molecule has 0 radical (unpaired) electrons. The van der Waals surface area contributed by atoms with Crippen molar-refractivity contribution in [3.63, 3.8) is 0 Å². The summed E-state index contributed by atoms with van der Waals surface area (Å²) >= 11 is 0. The largest absolute Gasteiger partial charge is 0.391 e. The summed E-state index contributed by atoms with van der Waals surface area (Å²) < 4.78 is 0. The van der Waals surface area contributed by atoms with Gasteiger partial charge < -0.3 is 15.6 Å². The Morgan fingerprint density at radius 3 is 2.09 bits per heavy atom. The van der Waals surface area contributed by atoms with Crippen molar-refractivity contribution in [1.82, 2.24) is 0 Å². The van der Waals surface area contributed by atoms with Crippen molar-refractivity contribution in [2.24, 2.45) is 11.7 Å². The van der Waals surface area contributed by atoms with Crippen molar-refractivity contribution in [2.45, 2.75) is 38.8 Å². The fourth-order valence-electron chi connectivity index (χ4n) is 1.02. The highest BCUT2D eigenvalue weighted by Gasteiger charge is 2.30. The van der Waals surface area contributed by atoms with E-state index in [4.69, 9.17) is 10.8 Å². The smallest absolute Gasteiger partial charge is 0.142 e. The molecular weight excluding hydrogens is 142 g/mol. The van der Waals surface area contributed by atoms with Crippen molar-refractivity contribution >= 4 is 6.29 Å². The van der Waals surface area contributed by atoms with Crippen LogP contribution in [0.25, 0.3) is 0 Å². The van der Waals surface area contributed by atoms with Gasteiger partial charge in [0.05, 0.1) is 11.6 Å². The molecule has 0 aromatic carbocycles. The van der Waals surface area contributed by atoms with E-state index >= 15 is 0 Å². The maximum Gasteiger partial charge on any atom is 0.142 e. The van der Waals surface area contributed by atoms with Crippen LogP contribution < -0.4 is 5.73 Å². The Balaban J connectivity index is 4.22. The highest BCUT2D eigenvalue weighted by atomic mass is 16.3. The van der Waals surface area contributed by atoms with Crippen LogP contribution in [-0.4, -0.2) is 23.0 Å². The lowest BCUT2D eigenvalue weighted by molar-refractivity contribution is -0.116. The summed E-state index contributed by atoms with van der Waals surface area (Å²) in [5.41, 5.74) is 4.56. The van der Waals surface area contributed by atoms with Gasteiger partial charge in [0.15, 0.2) is 0 Å². The standard InChI is InChI=1S/C8H17NO2/c1-6(2)4-8(9,5-10)7(3)11/h5-7,11H,4,9H2,1-3H3/t7-,8-/m0/s1. The van der Waals surface area contributed by atoms with E-state index in [1.807, 2.05) is 13.8 Å². The predicted octanol–water partition coefficient (Wildman–Crippen LogP) is 0.310. The number of aldehydes is 1. The highest BCUT2D eigenvalue weighted by Crippen LogP contribution is 2.15. The summed E-state index contributed by atoms with van der Waals surface area (Å²) in [7, 11) is 0. The Hall–Kier alpha value is -0.410. The van der Waals surface area contributed by atoms with E-state index in [1.165, 1.54) is 6.92 Å². The molecule has 0 aliphatic carbocycles. The summed E-state index contributed by atoms with van der Waals surface area (Å²) in [5, 5.41) is 9.16. The minimum Gasteiger partial charge on any atom is -0.391 e. The molecule has 0 heterocycles. The average Bonchev–Trinajstić information content (AvgIpc) is 1.86. The third-order valence-corrected chi connectivity index (χ3v) is 1.76. The number of nitrogens with two attached hydrogens (primary N) is 1. The van der Waals surface area contributed by atoms with E-state index in [-0.39, 0.29) is 0 Å². The number of carbonyl (C=O) groups excluding carboxylic acids is 1. The minimum atomic E-state index is -1.06. The first-order chi connectivity index (χ1) is 4.92. The molecule has 66 valence electrons. The predicted molar refractivity (Wildman–Crippen MR) is 44.1 cm³/mol. The van der Waals surface area contributed by atoms with Gasteiger partial charge in [-0.2, -0.15) is 0 Å². The van der Waals surface area contributed by atoms with E-state index in [0.29, 0.717) is 18.6 Å². The van der Waals surface area contributed by atoms with E-state index in [1.54, 1.807) is 0 Å². The van der Waals surface area contributed by atoms with Gasteiger partial charge in [0, 0.05) is 0 Å². The molecule has 0 rings (SSSR count). The Kier molecular flexibility index (Phi) is 3.69. The van der Waals surface area contributed by atoms with E-state index in [2.05, 4.69) is 0 Å². The third kappa shape index (κ3) is 2.99. The summed E-state index contributed by atoms with van der Waals surface area (Å²) in [6.45, 7) is 5.47. The van der Waals surface area contributed by atoms with Gasteiger partial charge >= 0.3 is 0 Å². The maximum atomic E-state index is 10.5. The van der Waals surface area contributed by atoms with Crippen LogP contribution in [0, 0.1) is 5.92 Å². The second-order valence-corrected chi connectivity index (χ2v) is 3.50. The topological polar surface area (TPSA) is 63.3 Å². The van der Waals surface area contributed by atoms with Gasteiger partial charge in [-0.15, -0.1) is 0 Å². The summed E-state index contributed by atoms with van der Waals surface area (Å²) in [6, 6.07) is 0. The molecule has 11 heavy (non-hydrogen) atoms. The van der Waals surface area contributed by atoms with Crippen LogP contribution in [0.3, 0.4) is 0 Å². The van der Waals surface area contributed by atoms with Crippen LogP contribution in [0.4, 0.5) is 0 Å². The zero-order chi connectivity index (χ0) is 9.07. The Bertz CT molecular complexity index is 134. The van der Waals surface area contributed by atoms with Crippen molar-refractivity contribution in [3.8, 4) is 0 Å². The Morgan fingerprint density at radius 1 is 1.55 bits per heavy atom. The molecule has 2 atom stereocenters. The van der Waals surface area contributed by atoms with Gasteiger partial charge in [0.1, 0.15) is 6.29 Å². The van der Waals surface area contributed by atoms with Crippen molar-refractivity contribution in [3.05, 3.63) is 0 Å². The minimum absolute atomic E-state index is 0.319. The van der Waals surface area contributed by atoms with Crippen LogP contribution in [-0.2, 0) is 4.79 Å². The first kappa shape index (κ1) is 10.6. The lowest BCUT2D eigenvalue weighted by Crippen LogP contribution is -2.52. The zero-order valence-corrected chi connectivity index (χ0v) is 7.37. The van der Waals surface area contributed by atoms with Gasteiger partial charge in [0.25, 0.3) is 0 Å². The van der Waals surface area contributed by atoms with Crippen molar-refractivity contribution in [2.75, 3.05) is 0 Å². The molecule has 0 spiro atoms. The first-order valence-electron chi connectivity index (χ1n) is 3.85. The SMILES string of the molecule is CC(C)C[C@](N)(C=O)[C@H](C)O. The van der Waals surface area contributed by atoms with Crippen molar-refractivity contribution < 1.29 is 9.90 Å². The molecule has 0 saturated heterocycles. The zero-order valence-electron chi connectivity index (χ0n) is 7.37. The molecular formula is C8H17NO2. The molecule has 0 aliphatic rings. The molecule has 3 heteroatoms. The van der Waals surface area contributed by atoms with Crippen molar-refractivity contribution in [1.29, 1.82) is 0 Å². The first-order valence-corrected chi connectivity index (χ1v) is 3.85. The number of aliphatic hydroxyl groups excluding tert-OH is 1. The number of rotatable bonds is 4. The van der Waals surface area contributed by atoms with E-state index in [9.17, 15) is 4.79 Å². The second kappa shape index (κ2) is 3.83. The van der Waals surface area contributed by atoms with Crippen LogP contribution in [0.15, 0.2) is 0 Å². The number of carbonyl (C=O) groups is 1. The fourth-order valence-corrected chi connectivity index (χ4v) is 1.02. The quantitative estimate of drug-likeness (QED) is 0.580. The fraction of sp³-hybridized carbons (Fsp3) is 0.875. The van der Waals surface area contributed by atoms with E-state index < -0.39 is 11.6 Å². The second-order valence-electron chi connectivity index (χ2n) is 3.50. The number of aliphatic hydroxyl groups is 1. The summed E-state index contributed by atoms with van der Waals surface area (Å²) in [5.74, 6) is 0.319. The molecule has 0 fully saturated rings. The van der Waals surface area contributed by atoms with Gasteiger partial charge in [-0.25, -0.2) is 0 Å². The molecule has 0 aliphatic heterocycles. The Labute approximate surface area is 67.6 Å².